The summed E-state index contributed by atoms with van der Waals surface area (Å²) >= 11 is 0. The second-order valence-electron chi connectivity index (χ2n) is 7.67. The molecule has 1 fully saturated rings. The van der Waals surface area contributed by atoms with Crippen LogP contribution in [-0.2, 0) is 18.3 Å². The van der Waals surface area contributed by atoms with Gasteiger partial charge in [-0.3, -0.25) is 4.79 Å². The summed E-state index contributed by atoms with van der Waals surface area (Å²) in [5, 5.41) is 1.24. The van der Waals surface area contributed by atoms with Crippen molar-refractivity contribution in [3.63, 3.8) is 0 Å². The number of aromatic nitrogens is 3. The van der Waals surface area contributed by atoms with E-state index in [-0.39, 0.29) is 11.9 Å². The minimum Gasteiger partial charge on any atom is -0.350 e. The molecule has 0 saturated carbocycles. The summed E-state index contributed by atoms with van der Waals surface area (Å²) in [5.41, 5.74) is 4.46. The van der Waals surface area contributed by atoms with E-state index in [1.54, 1.807) is 0 Å². The van der Waals surface area contributed by atoms with Crippen LogP contribution in [0.2, 0.25) is 0 Å². The quantitative estimate of drug-likeness (QED) is 0.579. The van der Waals surface area contributed by atoms with Gasteiger partial charge in [0.1, 0.15) is 5.82 Å². The van der Waals surface area contributed by atoms with Crippen LogP contribution >= 0.6 is 0 Å². The van der Waals surface area contributed by atoms with Gasteiger partial charge in [-0.05, 0) is 43.0 Å². The van der Waals surface area contributed by atoms with E-state index in [9.17, 15) is 4.79 Å². The summed E-state index contributed by atoms with van der Waals surface area (Å²) in [7, 11) is 2.06. The van der Waals surface area contributed by atoms with Gasteiger partial charge < -0.3 is 14.5 Å². The Hall–Kier alpha value is -3.08. The van der Waals surface area contributed by atoms with Crippen molar-refractivity contribution in [1.29, 1.82) is 0 Å². The Balaban J connectivity index is 1.34. The predicted octanol–water partition coefficient (Wildman–Crippen LogP) is 4.35. The predicted molar refractivity (Wildman–Crippen MR) is 111 cm³/mol. The number of nitrogens with one attached hydrogen (secondary N) is 1. The van der Waals surface area contributed by atoms with Crippen LogP contribution in [0.4, 0.5) is 0 Å². The maximum atomic E-state index is 13.0. The number of benzene rings is 2. The van der Waals surface area contributed by atoms with Gasteiger partial charge in [0, 0.05) is 37.1 Å². The molecule has 0 radical (unpaired) electrons. The molecule has 1 atom stereocenters. The van der Waals surface area contributed by atoms with Crippen molar-refractivity contribution in [2.75, 3.05) is 6.54 Å². The Morgan fingerprint density at radius 2 is 2.00 bits per heavy atom. The molecule has 4 aromatic rings. The lowest BCUT2D eigenvalue weighted by Gasteiger charge is -2.23. The van der Waals surface area contributed by atoms with Crippen LogP contribution in [0.25, 0.3) is 21.9 Å². The normalized spacial score (nSPS) is 17.0. The van der Waals surface area contributed by atoms with Crippen molar-refractivity contribution < 1.29 is 4.79 Å². The molecule has 2 aromatic carbocycles. The number of carbonyl (C=O) groups is 1. The average Bonchev–Trinajstić information content (AvgIpc) is 3.43. The first-order valence-electron chi connectivity index (χ1n) is 9.98. The van der Waals surface area contributed by atoms with Crippen molar-refractivity contribution in [3.05, 3.63) is 66.1 Å². The highest BCUT2D eigenvalue weighted by Crippen LogP contribution is 2.32. The standard InChI is InChI=1S/C23H24N4O/c1-26-15-16(17-7-2-5-10-20(17)26)12-13-22(28)27-14-6-11-21(27)23-24-18-8-3-4-9-19(18)25-23/h2-5,7-10,15,21H,6,11-14H2,1H3,(H,24,25)/t21-/m1/s1. The van der Waals surface area contributed by atoms with E-state index in [2.05, 4.69) is 47.1 Å². The average molecular weight is 372 g/mol. The number of imidazole rings is 1. The molecular formula is C23H24N4O. The number of aryl methyl sites for hydroxylation is 2. The number of nitrogens with zero attached hydrogens (tertiary/aromatic N) is 3. The minimum absolute atomic E-state index is 0.0624. The van der Waals surface area contributed by atoms with Crippen molar-refractivity contribution in [2.45, 2.75) is 31.7 Å². The van der Waals surface area contributed by atoms with E-state index in [0.717, 1.165) is 42.7 Å². The zero-order valence-corrected chi connectivity index (χ0v) is 16.1. The molecule has 28 heavy (non-hydrogen) atoms. The first-order chi connectivity index (χ1) is 13.7. The molecule has 1 aliphatic rings. The smallest absolute Gasteiger partial charge is 0.223 e. The summed E-state index contributed by atoms with van der Waals surface area (Å²) in [6, 6.07) is 16.5. The van der Waals surface area contributed by atoms with Crippen molar-refractivity contribution in [1.82, 2.24) is 19.4 Å². The number of amides is 1. The molecule has 0 unspecified atom stereocenters. The lowest BCUT2D eigenvalue weighted by atomic mass is 10.1. The van der Waals surface area contributed by atoms with Gasteiger partial charge in [-0.25, -0.2) is 4.98 Å². The molecule has 2 aromatic heterocycles. The monoisotopic (exact) mass is 372 g/mol. The van der Waals surface area contributed by atoms with E-state index in [0.29, 0.717) is 6.42 Å². The topological polar surface area (TPSA) is 53.9 Å². The Morgan fingerprint density at radius 1 is 1.18 bits per heavy atom. The van der Waals surface area contributed by atoms with E-state index in [1.165, 1.54) is 16.5 Å². The molecule has 5 nitrogen and oxygen atoms in total. The number of H-pyrrole nitrogens is 1. The highest BCUT2D eigenvalue weighted by molar-refractivity contribution is 5.85. The van der Waals surface area contributed by atoms with Crippen molar-refractivity contribution in [2.24, 2.45) is 7.05 Å². The molecule has 0 bridgehead atoms. The molecule has 3 heterocycles. The lowest BCUT2D eigenvalue weighted by Crippen LogP contribution is -2.31. The summed E-state index contributed by atoms with van der Waals surface area (Å²) in [6.07, 6.45) is 5.45. The molecule has 0 spiro atoms. The molecule has 5 rings (SSSR count). The summed E-state index contributed by atoms with van der Waals surface area (Å²) in [5.74, 6) is 1.13. The third kappa shape index (κ3) is 2.87. The van der Waals surface area contributed by atoms with Gasteiger partial charge in [0.25, 0.3) is 0 Å². The second kappa shape index (κ2) is 6.82. The van der Waals surface area contributed by atoms with Gasteiger partial charge in [0.15, 0.2) is 0 Å². The fourth-order valence-corrected chi connectivity index (χ4v) is 4.49. The van der Waals surface area contributed by atoms with Crippen LogP contribution in [0.15, 0.2) is 54.7 Å². The number of fused-ring (bicyclic) bond motifs is 2. The van der Waals surface area contributed by atoms with Crippen molar-refractivity contribution >= 4 is 27.8 Å². The first-order valence-corrected chi connectivity index (χ1v) is 9.98. The number of carbonyl (C=O) groups excluding carboxylic acids is 1. The number of likely N-dealkylation sites (tertiary alicyclic amines) is 1. The van der Waals surface area contributed by atoms with Gasteiger partial charge in [0.05, 0.1) is 17.1 Å². The van der Waals surface area contributed by atoms with Gasteiger partial charge >= 0.3 is 0 Å². The summed E-state index contributed by atoms with van der Waals surface area (Å²) in [4.78, 5) is 23.2. The SMILES string of the molecule is Cn1cc(CCC(=O)N2CCC[C@@H]2c2nc3ccccc3[nH]2)c2ccccc21. The molecule has 1 amide bonds. The van der Waals surface area contributed by atoms with Crippen LogP contribution in [0, 0.1) is 0 Å². The molecule has 0 aliphatic carbocycles. The minimum atomic E-state index is 0.0624. The van der Waals surface area contributed by atoms with E-state index >= 15 is 0 Å². The molecule has 5 heteroatoms. The molecular weight excluding hydrogens is 348 g/mol. The Labute approximate surface area is 164 Å². The third-order valence-corrected chi connectivity index (χ3v) is 5.88. The number of rotatable bonds is 4. The largest absolute Gasteiger partial charge is 0.350 e. The zero-order chi connectivity index (χ0) is 19.1. The highest BCUT2D eigenvalue weighted by atomic mass is 16.2. The fraction of sp³-hybridized carbons (Fsp3) is 0.304. The van der Waals surface area contributed by atoms with Crippen LogP contribution < -0.4 is 0 Å². The number of para-hydroxylation sites is 3. The number of hydrogen-bond acceptors (Lipinski definition) is 2. The van der Waals surface area contributed by atoms with Crippen LogP contribution in [-0.4, -0.2) is 31.9 Å². The number of aromatic amines is 1. The Bertz CT molecular complexity index is 1120. The molecule has 142 valence electrons. The molecule has 1 N–H and O–H groups in total. The van der Waals surface area contributed by atoms with Gasteiger partial charge in [-0.2, -0.15) is 0 Å². The lowest BCUT2D eigenvalue weighted by molar-refractivity contribution is -0.132. The Morgan fingerprint density at radius 3 is 2.89 bits per heavy atom. The fourth-order valence-electron chi connectivity index (χ4n) is 4.49. The van der Waals surface area contributed by atoms with Gasteiger partial charge in [0.2, 0.25) is 5.91 Å². The van der Waals surface area contributed by atoms with Crippen LogP contribution in [0.1, 0.15) is 36.7 Å². The molecule has 1 aliphatic heterocycles. The maximum absolute atomic E-state index is 13.0. The third-order valence-electron chi connectivity index (χ3n) is 5.88. The number of hydrogen-bond donors (Lipinski definition) is 1. The van der Waals surface area contributed by atoms with Crippen LogP contribution in [0.5, 0.6) is 0 Å². The van der Waals surface area contributed by atoms with E-state index < -0.39 is 0 Å². The van der Waals surface area contributed by atoms with Crippen LogP contribution in [0.3, 0.4) is 0 Å². The summed E-state index contributed by atoms with van der Waals surface area (Å²) in [6.45, 7) is 0.816. The summed E-state index contributed by atoms with van der Waals surface area (Å²) < 4.78 is 2.14. The van der Waals surface area contributed by atoms with Gasteiger partial charge in [-0.15, -0.1) is 0 Å². The second-order valence-corrected chi connectivity index (χ2v) is 7.67. The maximum Gasteiger partial charge on any atom is 0.223 e. The molecule has 1 saturated heterocycles. The first kappa shape index (κ1) is 17.0. The van der Waals surface area contributed by atoms with E-state index in [4.69, 9.17) is 4.98 Å². The van der Waals surface area contributed by atoms with E-state index in [1.807, 2.05) is 29.2 Å². The van der Waals surface area contributed by atoms with Gasteiger partial charge in [-0.1, -0.05) is 30.3 Å². The highest BCUT2D eigenvalue weighted by Gasteiger charge is 2.31. The Kier molecular flexibility index (Phi) is 4.15. The zero-order valence-electron chi connectivity index (χ0n) is 16.1. The van der Waals surface area contributed by atoms with Crippen molar-refractivity contribution in [3.8, 4) is 0 Å².